The summed E-state index contributed by atoms with van der Waals surface area (Å²) in [5.74, 6) is 0. The number of fused-ring (bicyclic) bond motifs is 5. The molecule has 0 fully saturated rings. The Hall–Kier alpha value is -5.98. The molecule has 0 atom stereocenters. The first-order valence-corrected chi connectivity index (χ1v) is 14.9. The van der Waals surface area contributed by atoms with Crippen LogP contribution < -0.4 is 0 Å². The van der Waals surface area contributed by atoms with Gasteiger partial charge in [-0.1, -0.05) is 170 Å². The fourth-order valence-electron chi connectivity index (χ4n) is 6.43. The molecule has 46 heavy (non-hydrogen) atoms. The van der Waals surface area contributed by atoms with Gasteiger partial charge >= 0.3 is 0 Å². The fourth-order valence-corrected chi connectivity index (χ4v) is 6.43. The minimum atomic E-state index is -0.706. The number of rotatable bonds is 4. The van der Waals surface area contributed by atoms with Gasteiger partial charge in [0.05, 0.1) is 17.8 Å². The van der Waals surface area contributed by atoms with Crippen LogP contribution in [0.5, 0.6) is 0 Å². The zero-order chi connectivity index (χ0) is 41.8. The normalized spacial score (nSPS) is 15.4. The van der Waals surface area contributed by atoms with Crippen LogP contribution in [0.3, 0.4) is 0 Å². The molecule has 9 rings (SSSR count). The second-order valence-electron chi connectivity index (χ2n) is 11.1. The molecule has 9 aromatic rings. The minimum Gasteiger partial charge on any atom is -0.0622 e. The van der Waals surface area contributed by atoms with Crippen molar-refractivity contribution in [2.45, 2.75) is 0 Å². The molecule has 0 amide bonds. The highest BCUT2D eigenvalue weighted by molar-refractivity contribution is 6.21. The molecule has 0 nitrogen and oxygen atoms in total. The Kier molecular flexibility index (Phi) is 3.87. The van der Waals surface area contributed by atoms with E-state index in [0.717, 1.165) is 43.8 Å². The molecule has 0 heterocycles. The van der Waals surface area contributed by atoms with Gasteiger partial charge in [0, 0.05) is 0 Å². The highest BCUT2D eigenvalue weighted by atomic mass is 14.2. The maximum absolute atomic E-state index is 9.18. The lowest BCUT2D eigenvalue weighted by atomic mass is 9.85. The highest BCUT2D eigenvalue weighted by Gasteiger charge is 2.16. The summed E-state index contributed by atoms with van der Waals surface area (Å²) >= 11 is 0. The Balaban J connectivity index is 1.29. The quantitative estimate of drug-likeness (QED) is 0.140. The van der Waals surface area contributed by atoms with Crippen LogP contribution in [-0.4, -0.2) is 0 Å². The Bertz CT molecular complexity index is 3180. The molecular weight excluding hydrogens is 553 g/mol. The average molecular weight is 596 g/mol. The Labute approximate surface area is 287 Å². The monoisotopic (exact) mass is 595 g/mol. The zero-order valence-electron chi connectivity index (χ0n) is 37.3. The number of hydrogen-bond donors (Lipinski definition) is 0. The van der Waals surface area contributed by atoms with Gasteiger partial charge < -0.3 is 0 Å². The van der Waals surface area contributed by atoms with Gasteiger partial charge in [0.2, 0.25) is 0 Å². The van der Waals surface area contributed by atoms with Crippen molar-refractivity contribution >= 4 is 43.1 Å². The van der Waals surface area contributed by atoms with Crippen LogP contribution in [0.1, 0.15) is 17.8 Å². The second-order valence-corrected chi connectivity index (χ2v) is 11.1. The van der Waals surface area contributed by atoms with Crippen LogP contribution in [0.4, 0.5) is 0 Å². The van der Waals surface area contributed by atoms with Gasteiger partial charge in [-0.15, -0.1) is 0 Å². The van der Waals surface area contributed by atoms with Crippen LogP contribution in [0.25, 0.3) is 87.6 Å². The summed E-state index contributed by atoms with van der Waals surface area (Å²) in [6.07, 6.45) is 0. The summed E-state index contributed by atoms with van der Waals surface area (Å²) in [6.45, 7) is 0. The predicted octanol–water partition coefficient (Wildman–Crippen LogP) is 13.0. The van der Waals surface area contributed by atoms with Crippen molar-refractivity contribution in [3.05, 3.63) is 182 Å². The van der Waals surface area contributed by atoms with Crippen LogP contribution in [0, 0.1) is 0 Å². The fraction of sp³-hybridized carbons (Fsp3) is 0. The lowest BCUT2D eigenvalue weighted by Gasteiger charge is -2.18. The Morgan fingerprint density at radius 1 is 0.283 bits per heavy atom. The Morgan fingerprint density at radius 3 is 1.22 bits per heavy atom. The molecule has 0 aliphatic rings. The lowest BCUT2D eigenvalue weighted by Crippen LogP contribution is -1.90. The number of hydrogen-bond acceptors (Lipinski definition) is 0. The van der Waals surface area contributed by atoms with Crippen molar-refractivity contribution in [1.29, 1.82) is 0 Å². The molecule has 0 spiro atoms. The van der Waals surface area contributed by atoms with E-state index in [1.54, 1.807) is 12.1 Å². The first-order chi connectivity index (χ1) is 28.2. The van der Waals surface area contributed by atoms with Gasteiger partial charge in [-0.25, -0.2) is 0 Å². The van der Waals surface area contributed by atoms with E-state index in [1.165, 1.54) is 0 Å². The van der Waals surface area contributed by atoms with Crippen LogP contribution >= 0.6 is 0 Å². The third kappa shape index (κ3) is 4.38. The standard InChI is InChI=1S/C46H30/c1-3-11-31(12-4-1)35-25-27-39-37(29-35)23-24-38-30-36(26-28-40(38)39)32-19-21-34(22-20-32)46-43-17-9-7-15-41(43)45(33-13-5-2-6-14-33)42-16-8-10-18-44(42)46/h1-30H/i2D,5D,6D,7D,8D,9D,10D,13D,14D,15D,16D,17D,18D. The van der Waals surface area contributed by atoms with E-state index in [-0.39, 0.29) is 32.7 Å². The maximum Gasteiger partial charge on any atom is 0.0629 e. The predicted molar refractivity (Wildman–Crippen MR) is 198 cm³/mol. The molecule has 0 saturated heterocycles. The van der Waals surface area contributed by atoms with Crippen molar-refractivity contribution in [2.24, 2.45) is 0 Å². The minimum absolute atomic E-state index is 0.0940. The molecule has 0 aromatic heterocycles. The van der Waals surface area contributed by atoms with E-state index in [4.69, 9.17) is 15.1 Å². The van der Waals surface area contributed by atoms with Crippen molar-refractivity contribution in [3.8, 4) is 44.5 Å². The van der Waals surface area contributed by atoms with E-state index in [9.17, 15) is 2.74 Å². The van der Waals surface area contributed by atoms with Gasteiger partial charge in [0.25, 0.3) is 0 Å². The summed E-state index contributed by atoms with van der Waals surface area (Å²) in [5.41, 5.74) is 3.73. The first kappa shape index (κ1) is 16.4. The largest absolute Gasteiger partial charge is 0.0629 e. The third-order valence-corrected chi connectivity index (χ3v) is 8.57. The van der Waals surface area contributed by atoms with E-state index < -0.39 is 84.1 Å². The summed E-state index contributed by atoms with van der Waals surface area (Å²) in [5, 5.41) is 3.65. The molecule has 0 N–H and O–H groups in total. The summed E-state index contributed by atoms with van der Waals surface area (Å²) < 4.78 is 114. The highest BCUT2D eigenvalue weighted by Crippen LogP contribution is 2.44. The molecule has 0 aliphatic carbocycles. The summed E-state index contributed by atoms with van der Waals surface area (Å²) in [4.78, 5) is 0. The molecule has 0 saturated carbocycles. The zero-order valence-corrected chi connectivity index (χ0v) is 24.3. The first-order valence-electron chi connectivity index (χ1n) is 21.4. The average Bonchev–Trinajstić information content (AvgIpc) is 3.26. The van der Waals surface area contributed by atoms with Crippen LogP contribution in [-0.2, 0) is 0 Å². The van der Waals surface area contributed by atoms with E-state index in [2.05, 4.69) is 54.6 Å². The Morgan fingerprint density at radius 2 is 0.696 bits per heavy atom. The van der Waals surface area contributed by atoms with Gasteiger partial charge in [0.1, 0.15) is 0 Å². The van der Waals surface area contributed by atoms with E-state index in [1.807, 2.05) is 36.4 Å². The van der Waals surface area contributed by atoms with Crippen LogP contribution in [0.15, 0.2) is 182 Å². The summed E-state index contributed by atoms with van der Waals surface area (Å²) in [7, 11) is 0. The van der Waals surface area contributed by atoms with Crippen molar-refractivity contribution in [2.75, 3.05) is 0 Å². The maximum atomic E-state index is 9.18. The van der Waals surface area contributed by atoms with Crippen LogP contribution in [0.2, 0.25) is 0 Å². The van der Waals surface area contributed by atoms with Gasteiger partial charge in [-0.05, 0) is 99.7 Å². The van der Waals surface area contributed by atoms with Crippen molar-refractivity contribution in [1.82, 2.24) is 0 Å². The molecule has 9 aromatic carbocycles. The molecular formula is C46H30. The molecule has 0 heteroatoms. The molecule has 0 aliphatic heterocycles. The number of benzene rings is 9. The molecule has 214 valence electrons. The van der Waals surface area contributed by atoms with Gasteiger partial charge in [-0.3, -0.25) is 0 Å². The van der Waals surface area contributed by atoms with E-state index >= 15 is 0 Å². The summed E-state index contributed by atoms with van der Waals surface area (Å²) in [6, 6.07) is 26.0. The van der Waals surface area contributed by atoms with Gasteiger partial charge in [-0.2, -0.15) is 0 Å². The topological polar surface area (TPSA) is 0 Å². The van der Waals surface area contributed by atoms with E-state index in [0.29, 0.717) is 5.56 Å². The smallest absolute Gasteiger partial charge is 0.0622 e. The van der Waals surface area contributed by atoms with Gasteiger partial charge in [0.15, 0.2) is 0 Å². The molecule has 0 radical (unpaired) electrons. The molecule has 0 bridgehead atoms. The lowest BCUT2D eigenvalue weighted by molar-refractivity contribution is 1.63. The third-order valence-electron chi connectivity index (χ3n) is 8.57. The van der Waals surface area contributed by atoms with Crippen molar-refractivity contribution < 1.29 is 17.8 Å². The van der Waals surface area contributed by atoms with Crippen molar-refractivity contribution in [3.63, 3.8) is 0 Å². The SMILES string of the molecule is [2H]c1c([2H])c([2H])c(-c2c3c([2H])c([2H])c([2H])c([2H])c3c(-c3ccc(-c4ccc5c(ccc6cc(-c7ccccc7)ccc65)c4)cc3)c3c([2H])c([2H])c([2H])c([2H])c23)c([2H])c1[2H]. The molecule has 0 unspecified atom stereocenters. The second kappa shape index (κ2) is 10.9.